The summed E-state index contributed by atoms with van der Waals surface area (Å²) in [5.41, 5.74) is 2.43. The van der Waals surface area contributed by atoms with Crippen molar-refractivity contribution in [1.82, 2.24) is 15.1 Å². The standard InChI is InChI=1S/C17H30BrN3/c1-5-9-19-15(14-8-7-13(6-2)10-14)11-16-17(18)12(3)20-21(16)4/h13-15,19H,5-11H2,1-4H3. The Kier molecular flexibility index (Phi) is 6.30. The lowest BCUT2D eigenvalue weighted by molar-refractivity contribution is 0.339. The van der Waals surface area contributed by atoms with Gasteiger partial charge >= 0.3 is 0 Å². The van der Waals surface area contributed by atoms with Crippen molar-refractivity contribution in [2.75, 3.05) is 6.54 Å². The zero-order valence-corrected chi connectivity index (χ0v) is 15.5. The van der Waals surface area contributed by atoms with Gasteiger partial charge in [0, 0.05) is 19.5 Å². The summed E-state index contributed by atoms with van der Waals surface area (Å²) in [6, 6.07) is 0.590. The van der Waals surface area contributed by atoms with E-state index >= 15 is 0 Å². The van der Waals surface area contributed by atoms with Crippen molar-refractivity contribution in [3.05, 3.63) is 15.9 Å². The third-order valence-corrected chi connectivity index (χ3v) is 6.09. The van der Waals surface area contributed by atoms with Crippen LogP contribution >= 0.6 is 15.9 Å². The molecule has 1 aromatic heterocycles. The van der Waals surface area contributed by atoms with Crippen LogP contribution in [-0.4, -0.2) is 22.4 Å². The van der Waals surface area contributed by atoms with Gasteiger partial charge in [0.05, 0.1) is 15.9 Å². The molecule has 1 fully saturated rings. The lowest BCUT2D eigenvalue weighted by Gasteiger charge is -2.25. The van der Waals surface area contributed by atoms with Crippen LogP contribution in [0.15, 0.2) is 4.47 Å². The monoisotopic (exact) mass is 355 g/mol. The first-order chi connectivity index (χ1) is 10.1. The molecule has 1 aromatic rings. The smallest absolute Gasteiger partial charge is 0.0738 e. The minimum absolute atomic E-state index is 0.590. The molecule has 3 nitrogen and oxygen atoms in total. The normalized spacial score (nSPS) is 23.7. The van der Waals surface area contributed by atoms with E-state index in [0.717, 1.165) is 30.5 Å². The third-order valence-electron chi connectivity index (χ3n) is 5.06. The third kappa shape index (κ3) is 4.10. The van der Waals surface area contributed by atoms with Crippen LogP contribution in [-0.2, 0) is 13.5 Å². The van der Waals surface area contributed by atoms with Gasteiger partial charge in [-0.3, -0.25) is 4.68 Å². The van der Waals surface area contributed by atoms with E-state index in [2.05, 4.69) is 54.2 Å². The van der Waals surface area contributed by atoms with E-state index in [-0.39, 0.29) is 0 Å². The maximum absolute atomic E-state index is 4.54. The first-order valence-corrected chi connectivity index (χ1v) is 9.27. The molecule has 1 aliphatic carbocycles. The van der Waals surface area contributed by atoms with Gasteiger partial charge in [0.2, 0.25) is 0 Å². The zero-order valence-electron chi connectivity index (χ0n) is 14.0. The van der Waals surface area contributed by atoms with E-state index in [1.54, 1.807) is 0 Å². The number of nitrogens with zero attached hydrogens (tertiary/aromatic N) is 2. The minimum Gasteiger partial charge on any atom is -0.313 e. The fraction of sp³-hybridized carbons (Fsp3) is 0.824. The van der Waals surface area contributed by atoms with E-state index in [0.29, 0.717) is 6.04 Å². The topological polar surface area (TPSA) is 29.9 Å². The van der Waals surface area contributed by atoms with Crippen LogP contribution in [0.3, 0.4) is 0 Å². The van der Waals surface area contributed by atoms with Crippen molar-refractivity contribution < 1.29 is 0 Å². The average molecular weight is 356 g/mol. The molecule has 4 heteroatoms. The highest BCUT2D eigenvalue weighted by molar-refractivity contribution is 9.10. The number of halogens is 1. The fourth-order valence-electron chi connectivity index (χ4n) is 3.70. The Morgan fingerprint density at radius 1 is 1.38 bits per heavy atom. The van der Waals surface area contributed by atoms with Gasteiger partial charge < -0.3 is 5.32 Å². The van der Waals surface area contributed by atoms with Crippen LogP contribution in [0.4, 0.5) is 0 Å². The van der Waals surface area contributed by atoms with Crippen molar-refractivity contribution in [3.63, 3.8) is 0 Å². The SMILES string of the molecule is CCCNC(Cc1c(Br)c(C)nn1C)C1CCC(CC)C1. The number of aromatic nitrogens is 2. The molecular weight excluding hydrogens is 326 g/mol. The van der Waals surface area contributed by atoms with Crippen molar-refractivity contribution in [2.45, 2.75) is 65.3 Å². The highest BCUT2D eigenvalue weighted by atomic mass is 79.9. The molecule has 0 aromatic carbocycles. The number of aryl methyl sites for hydroxylation is 2. The summed E-state index contributed by atoms with van der Waals surface area (Å²) < 4.78 is 3.24. The molecule has 120 valence electrons. The lowest BCUT2D eigenvalue weighted by Crippen LogP contribution is -2.38. The van der Waals surface area contributed by atoms with Crippen molar-refractivity contribution in [2.24, 2.45) is 18.9 Å². The summed E-state index contributed by atoms with van der Waals surface area (Å²) in [7, 11) is 2.06. The number of hydrogen-bond acceptors (Lipinski definition) is 2. The van der Waals surface area contributed by atoms with E-state index < -0.39 is 0 Å². The molecule has 0 radical (unpaired) electrons. The van der Waals surface area contributed by atoms with Gasteiger partial charge in [-0.25, -0.2) is 0 Å². The van der Waals surface area contributed by atoms with Crippen molar-refractivity contribution in [3.8, 4) is 0 Å². The summed E-state index contributed by atoms with van der Waals surface area (Å²) in [6.07, 6.45) is 7.81. The van der Waals surface area contributed by atoms with E-state index in [1.165, 1.54) is 42.3 Å². The van der Waals surface area contributed by atoms with Crippen LogP contribution in [0, 0.1) is 18.8 Å². The number of hydrogen-bond donors (Lipinski definition) is 1. The Labute approximate surface area is 138 Å². The summed E-state index contributed by atoms with van der Waals surface area (Å²) >= 11 is 3.72. The van der Waals surface area contributed by atoms with Crippen LogP contribution in [0.25, 0.3) is 0 Å². The van der Waals surface area contributed by atoms with Crippen LogP contribution in [0.2, 0.25) is 0 Å². The van der Waals surface area contributed by atoms with Gasteiger partial charge in [0.25, 0.3) is 0 Å². The van der Waals surface area contributed by atoms with E-state index in [1.807, 2.05) is 4.68 Å². The maximum atomic E-state index is 4.54. The molecule has 1 saturated carbocycles. The molecule has 3 unspecified atom stereocenters. The van der Waals surface area contributed by atoms with Gasteiger partial charge in [-0.05, 0) is 60.5 Å². The average Bonchev–Trinajstić information content (AvgIpc) is 3.03. The lowest BCUT2D eigenvalue weighted by atomic mass is 9.92. The summed E-state index contributed by atoms with van der Waals surface area (Å²) in [5, 5.41) is 8.35. The predicted octanol–water partition coefficient (Wildman–Crippen LogP) is 4.23. The highest BCUT2D eigenvalue weighted by Crippen LogP contribution is 2.36. The predicted molar refractivity (Wildman–Crippen MR) is 92.6 cm³/mol. The fourth-order valence-corrected chi connectivity index (χ4v) is 4.19. The number of rotatable bonds is 7. The molecule has 3 atom stereocenters. The Morgan fingerprint density at radius 2 is 2.14 bits per heavy atom. The highest BCUT2D eigenvalue weighted by Gasteiger charge is 2.31. The second kappa shape index (κ2) is 7.77. The van der Waals surface area contributed by atoms with Crippen molar-refractivity contribution >= 4 is 15.9 Å². The molecular formula is C17H30BrN3. The quantitative estimate of drug-likeness (QED) is 0.792. The van der Waals surface area contributed by atoms with Crippen molar-refractivity contribution in [1.29, 1.82) is 0 Å². The zero-order chi connectivity index (χ0) is 15.4. The largest absolute Gasteiger partial charge is 0.313 e. The molecule has 0 aliphatic heterocycles. The van der Waals surface area contributed by atoms with Gasteiger partial charge in [-0.2, -0.15) is 5.10 Å². The number of nitrogens with one attached hydrogen (secondary N) is 1. The Bertz CT molecular complexity index is 455. The van der Waals surface area contributed by atoms with E-state index in [4.69, 9.17) is 0 Å². The van der Waals surface area contributed by atoms with Crippen LogP contribution < -0.4 is 5.32 Å². The summed E-state index contributed by atoms with van der Waals surface area (Å²) in [4.78, 5) is 0. The molecule has 2 rings (SSSR count). The Hall–Kier alpha value is -0.350. The summed E-state index contributed by atoms with van der Waals surface area (Å²) in [6.45, 7) is 7.78. The molecule has 0 saturated heterocycles. The van der Waals surface area contributed by atoms with Gasteiger partial charge in [0.15, 0.2) is 0 Å². The minimum atomic E-state index is 0.590. The molecule has 1 N–H and O–H groups in total. The molecule has 0 spiro atoms. The van der Waals surface area contributed by atoms with Gasteiger partial charge in [-0.1, -0.05) is 26.7 Å². The van der Waals surface area contributed by atoms with Crippen LogP contribution in [0.1, 0.15) is 57.3 Å². The molecule has 0 amide bonds. The molecule has 21 heavy (non-hydrogen) atoms. The maximum Gasteiger partial charge on any atom is 0.0738 e. The Balaban J connectivity index is 2.09. The first kappa shape index (κ1) is 17.0. The summed E-state index contributed by atoms with van der Waals surface area (Å²) in [5.74, 6) is 1.77. The molecule has 1 heterocycles. The van der Waals surface area contributed by atoms with Gasteiger partial charge in [0.1, 0.15) is 0 Å². The van der Waals surface area contributed by atoms with Crippen LogP contribution in [0.5, 0.6) is 0 Å². The first-order valence-electron chi connectivity index (χ1n) is 8.48. The second-order valence-corrected chi connectivity index (χ2v) is 7.37. The molecule has 1 aliphatic rings. The van der Waals surface area contributed by atoms with Gasteiger partial charge in [-0.15, -0.1) is 0 Å². The van der Waals surface area contributed by atoms with E-state index in [9.17, 15) is 0 Å². The Morgan fingerprint density at radius 3 is 2.67 bits per heavy atom. The molecule has 0 bridgehead atoms. The second-order valence-electron chi connectivity index (χ2n) is 6.58.